The van der Waals surface area contributed by atoms with Gasteiger partial charge < -0.3 is 4.57 Å². The fraction of sp³-hybridized carbons (Fsp3) is 0.385. The minimum atomic E-state index is -0.0507. The van der Waals surface area contributed by atoms with E-state index in [0.29, 0.717) is 0 Å². The third-order valence-electron chi connectivity index (χ3n) is 2.32. The summed E-state index contributed by atoms with van der Waals surface area (Å²) >= 11 is 0. The van der Waals surface area contributed by atoms with Crippen LogP contribution in [0.25, 0.3) is 11.0 Å². The number of hydrogen-bond donors (Lipinski definition) is 0. The molecule has 0 radical (unpaired) electrons. The topological polar surface area (TPSA) is 30.2 Å². The highest BCUT2D eigenvalue weighted by atomic mass is 15.0. The zero-order valence-electron chi connectivity index (χ0n) is 10.2. The highest BCUT2D eigenvalue weighted by molar-refractivity contribution is 5.84. The molecule has 2 aromatic heterocycles. The van der Waals surface area contributed by atoms with Crippen LogP contribution < -0.4 is 0 Å². The van der Waals surface area contributed by atoms with Crippen molar-refractivity contribution in [2.45, 2.75) is 26.3 Å². The summed E-state index contributed by atoms with van der Waals surface area (Å²) in [4.78, 5) is 9.00. The van der Waals surface area contributed by atoms with Gasteiger partial charge in [0.05, 0.1) is 11.2 Å². The average Bonchev–Trinajstić information content (AvgIpc) is 2.56. The average molecular weight is 215 g/mol. The molecular weight excluding hydrogens is 198 g/mol. The smallest absolute Gasteiger partial charge is 0.140 e. The second kappa shape index (κ2) is 3.74. The van der Waals surface area contributed by atoms with Crippen molar-refractivity contribution in [2.24, 2.45) is 12.0 Å². The molecule has 84 valence electrons. The van der Waals surface area contributed by atoms with E-state index in [-0.39, 0.29) is 5.54 Å². The van der Waals surface area contributed by atoms with Gasteiger partial charge in [-0.3, -0.25) is 4.99 Å². The number of nitrogens with zero attached hydrogens (tertiary/aromatic N) is 3. The lowest BCUT2D eigenvalue weighted by atomic mass is 10.1. The first-order valence-electron chi connectivity index (χ1n) is 5.43. The van der Waals surface area contributed by atoms with E-state index >= 15 is 0 Å². The summed E-state index contributed by atoms with van der Waals surface area (Å²) < 4.78 is 2.02. The van der Waals surface area contributed by atoms with Crippen molar-refractivity contribution < 1.29 is 0 Å². The molecule has 3 heteroatoms. The number of rotatable bonds is 1. The van der Waals surface area contributed by atoms with Gasteiger partial charge in [-0.25, -0.2) is 4.98 Å². The molecule has 0 aliphatic rings. The normalized spacial score (nSPS) is 12.8. The van der Waals surface area contributed by atoms with Gasteiger partial charge in [-0.15, -0.1) is 0 Å². The lowest BCUT2D eigenvalue weighted by molar-refractivity contribution is 0.586. The molecule has 0 aliphatic carbocycles. The fourth-order valence-corrected chi connectivity index (χ4v) is 1.48. The summed E-state index contributed by atoms with van der Waals surface area (Å²) in [5.41, 5.74) is 1.85. The molecule has 0 aliphatic heterocycles. The molecule has 0 aromatic carbocycles. The van der Waals surface area contributed by atoms with Crippen LogP contribution in [0.3, 0.4) is 0 Å². The summed E-state index contributed by atoms with van der Waals surface area (Å²) in [5.74, 6) is 0. The zero-order chi connectivity index (χ0) is 11.8. The van der Waals surface area contributed by atoms with Crippen molar-refractivity contribution in [2.75, 3.05) is 0 Å². The Hall–Kier alpha value is -1.64. The number of aromatic nitrogens is 2. The molecule has 0 unspecified atom stereocenters. The van der Waals surface area contributed by atoms with Crippen molar-refractivity contribution in [1.82, 2.24) is 9.55 Å². The maximum atomic E-state index is 4.55. The molecular formula is C13H17N3. The van der Waals surface area contributed by atoms with E-state index in [1.165, 1.54) is 0 Å². The molecule has 16 heavy (non-hydrogen) atoms. The first-order chi connectivity index (χ1) is 7.46. The van der Waals surface area contributed by atoms with Gasteiger partial charge >= 0.3 is 0 Å². The zero-order valence-corrected chi connectivity index (χ0v) is 10.2. The van der Waals surface area contributed by atoms with Gasteiger partial charge in [-0.2, -0.15) is 0 Å². The molecule has 2 rings (SSSR count). The van der Waals surface area contributed by atoms with Gasteiger partial charge in [-0.05, 0) is 39.0 Å². The summed E-state index contributed by atoms with van der Waals surface area (Å²) in [6.45, 7) is 6.22. The van der Waals surface area contributed by atoms with E-state index in [4.69, 9.17) is 0 Å². The molecule has 0 saturated heterocycles. The van der Waals surface area contributed by atoms with E-state index < -0.39 is 0 Å². The number of pyridine rings is 1. The van der Waals surface area contributed by atoms with Crippen LogP contribution in [-0.4, -0.2) is 21.3 Å². The van der Waals surface area contributed by atoms with Crippen molar-refractivity contribution >= 4 is 17.2 Å². The molecule has 2 heterocycles. The van der Waals surface area contributed by atoms with Crippen molar-refractivity contribution in [3.05, 3.63) is 30.1 Å². The molecule has 0 atom stereocenters. The lowest BCUT2D eigenvalue weighted by Crippen LogP contribution is -2.10. The SMILES string of the molecule is Cn1ccc2ccc(C=NC(C)(C)C)nc21. The van der Waals surface area contributed by atoms with Crippen LogP contribution >= 0.6 is 0 Å². The highest BCUT2D eigenvalue weighted by Crippen LogP contribution is 2.13. The van der Waals surface area contributed by atoms with Crippen LogP contribution in [-0.2, 0) is 7.05 Å². The highest BCUT2D eigenvalue weighted by Gasteiger charge is 2.05. The maximum Gasteiger partial charge on any atom is 0.140 e. The first kappa shape index (κ1) is 10.9. The Morgan fingerprint density at radius 3 is 2.69 bits per heavy atom. The molecule has 0 amide bonds. The van der Waals surface area contributed by atoms with Crippen molar-refractivity contribution in [3.63, 3.8) is 0 Å². The monoisotopic (exact) mass is 215 g/mol. The van der Waals surface area contributed by atoms with E-state index in [0.717, 1.165) is 16.7 Å². The summed E-state index contributed by atoms with van der Waals surface area (Å²) in [6, 6.07) is 6.14. The van der Waals surface area contributed by atoms with Gasteiger partial charge in [-0.1, -0.05) is 0 Å². The van der Waals surface area contributed by atoms with Crippen LogP contribution in [0.5, 0.6) is 0 Å². The Morgan fingerprint density at radius 2 is 2.00 bits per heavy atom. The maximum absolute atomic E-state index is 4.55. The quantitative estimate of drug-likeness (QED) is 0.673. The predicted molar refractivity (Wildman–Crippen MR) is 68.1 cm³/mol. The second-order valence-electron chi connectivity index (χ2n) is 5.00. The molecule has 3 nitrogen and oxygen atoms in total. The predicted octanol–water partition coefficient (Wildman–Crippen LogP) is 2.79. The Kier molecular flexibility index (Phi) is 2.54. The lowest BCUT2D eigenvalue weighted by Gasteiger charge is -2.10. The van der Waals surface area contributed by atoms with E-state index in [1.807, 2.05) is 30.1 Å². The molecule has 0 bridgehead atoms. The van der Waals surface area contributed by atoms with E-state index in [2.05, 4.69) is 42.9 Å². The number of aryl methyl sites for hydroxylation is 1. The van der Waals surface area contributed by atoms with Crippen LogP contribution in [0, 0.1) is 0 Å². The summed E-state index contributed by atoms with van der Waals surface area (Å²) in [6.07, 6.45) is 3.86. The summed E-state index contributed by atoms with van der Waals surface area (Å²) in [7, 11) is 2.00. The minimum absolute atomic E-state index is 0.0507. The van der Waals surface area contributed by atoms with Crippen LogP contribution in [0.15, 0.2) is 29.4 Å². The number of fused-ring (bicyclic) bond motifs is 1. The van der Waals surface area contributed by atoms with Crippen LogP contribution in [0.2, 0.25) is 0 Å². The van der Waals surface area contributed by atoms with Crippen molar-refractivity contribution in [3.8, 4) is 0 Å². The number of hydrogen-bond acceptors (Lipinski definition) is 2. The fourth-order valence-electron chi connectivity index (χ4n) is 1.48. The molecule has 0 fully saturated rings. The van der Waals surface area contributed by atoms with Gasteiger partial charge in [0.1, 0.15) is 5.65 Å². The Morgan fingerprint density at radius 1 is 1.25 bits per heavy atom. The third-order valence-corrected chi connectivity index (χ3v) is 2.32. The van der Waals surface area contributed by atoms with E-state index in [1.54, 1.807) is 0 Å². The Bertz CT molecular complexity index is 530. The Balaban J connectivity index is 2.39. The number of aliphatic imine (C=N–C) groups is 1. The molecule has 0 spiro atoms. The minimum Gasteiger partial charge on any atom is -0.336 e. The van der Waals surface area contributed by atoms with E-state index in [9.17, 15) is 0 Å². The van der Waals surface area contributed by atoms with Gasteiger partial charge in [0.15, 0.2) is 0 Å². The van der Waals surface area contributed by atoms with Gasteiger partial charge in [0.25, 0.3) is 0 Å². The van der Waals surface area contributed by atoms with Gasteiger partial charge in [0, 0.05) is 24.8 Å². The first-order valence-corrected chi connectivity index (χ1v) is 5.43. The molecule has 2 aromatic rings. The standard InChI is InChI=1S/C13H17N3/c1-13(2,3)14-9-11-6-5-10-7-8-16(4)12(10)15-11/h5-9H,1-4H3. The Labute approximate surface area is 95.8 Å². The van der Waals surface area contributed by atoms with Crippen LogP contribution in [0.1, 0.15) is 26.5 Å². The van der Waals surface area contributed by atoms with Crippen LogP contribution in [0.4, 0.5) is 0 Å². The second-order valence-corrected chi connectivity index (χ2v) is 5.00. The summed E-state index contributed by atoms with van der Waals surface area (Å²) in [5, 5.41) is 1.16. The molecule has 0 saturated carbocycles. The van der Waals surface area contributed by atoms with Crippen molar-refractivity contribution in [1.29, 1.82) is 0 Å². The largest absolute Gasteiger partial charge is 0.336 e. The molecule has 0 N–H and O–H groups in total. The third kappa shape index (κ3) is 2.30. The van der Waals surface area contributed by atoms with Gasteiger partial charge in [0.2, 0.25) is 0 Å².